The molecule has 0 spiro atoms. The Morgan fingerprint density at radius 2 is 1.96 bits per heavy atom. The van der Waals surface area contributed by atoms with Crippen molar-refractivity contribution in [3.05, 3.63) is 51.9 Å². The number of benzene rings is 1. The van der Waals surface area contributed by atoms with E-state index in [0.29, 0.717) is 18.6 Å². The number of ether oxygens (including phenoxy) is 1. The highest BCUT2D eigenvalue weighted by Gasteiger charge is 2.33. The fourth-order valence-electron chi connectivity index (χ4n) is 3.62. The predicted molar refractivity (Wildman–Crippen MR) is 103 cm³/mol. The molecule has 3 aromatic rings. The number of carbonyl (C=O) groups excluding carboxylic acids is 1. The van der Waals surface area contributed by atoms with E-state index in [0.717, 1.165) is 39.1 Å². The van der Waals surface area contributed by atoms with Gasteiger partial charge in [-0.1, -0.05) is 41.9 Å². The zero-order chi connectivity index (χ0) is 18.5. The molecule has 2 heterocycles. The van der Waals surface area contributed by atoms with Crippen molar-refractivity contribution in [2.75, 3.05) is 7.11 Å². The van der Waals surface area contributed by atoms with E-state index in [2.05, 4.69) is 34.9 Å². The molecule has 0 saturated carbocycles. The first kappa shape index (κ1) is 17.4. The van der Waals surface area contributed by atoms with Crippen molar-refractivity contribution in [1.82, 2.24) is 14.6 Å². The number of methoxy groups -OCH3 is 1. The summed E-state index contributed by atoms with van der Waals surface area (Å²) >= 11 is 3.48. The fraction of sp³-hybridized carbons (Fsp3) is 0.350. The Bertz CT molecular complexity index is 1010. The number of rotatable bonds is 3. The van der Waals surface area contributed by atoms with Crippen LogP contribution in [-0.4, -0.2) is 27.5 Å². The van der Waals surface area contributed by atoms with Crippen LogP contribution in [0.25, 0.3) is 16.8 Å². The maximum Gasteiger partial charge on any atom is 0.166 e. The summed E-state index contributed by atoms with van der Waals surface area (Å²) in [7, 11) is 1.65. The molecule has 0 N–H and O–H groups in total. The molecule has 1 aliphatic rings. The van der Waals surface area contributed by atoms with E-state index >= 15 is 0 Å². The van der Waals surface area contributed by atoms with E-state index in [9.17, 15) is 4.79 Å². The summed E-state index contributed by atoms with van der Waals surface area (Å²) < 4.78 is 8.08. The number of ketones is 1. The minimum atomic E-state index is -0.0669. The zero-order valence-corrected chi connectivity index (χ0v) is 16.6. The Morgan fingerprint density at radius 3 is 2.65 bits per heavy atom. The summed E-state index contributed by atoms with van der Waals surface area (Å²) in [6.07, 6.45) is 3.16. The van der Waals surface area contributed by atoms with Crippen LogP contribution in [0.2, 0.25) is 0 Å². The lowest BCUT2D eigenvalue weighted by Gasteiger charge is -2.29. The van der Waals surface area contributed by atoms with E-state index in [1.807, 2.05) is 30.5 Å². The van der Waals surface area contributed by atoms with Crippen LogP contribution in [0.4, 0.5) is 0 Å². The highest BCUT2D eigenvalue weighted by atomic mass is 79.9. The van der Waals surface area contributed by atoms with Crippen molar-refractivity contribution >= 4 is 27.4 Å². The molecule has 0 atom stereocenters. The minimum Gasteiger partial charge on any atom is -0.378 e. The second-order valence-electron chi connectivity index (χ2n) is 7.57. The Labute approximate surface area is 160 Å². The highest BCUT2D eigenvalue weighted by Crippen LogP contribution is 2.36. The quantitative estimate of drug-likeness (QED) is 0.635. The van der Waals surface area contributed by atoms with Gasteiger partial charge in [-0.2, -0.15) is 5.10 Å². The van der Waals surface area contributed by atoms with E-state index in [4.69, 9.17) is 9.72 Å². The predicted octanol–water partition coefficient (Wildman–Crippen LogP) is 4.46. The van der Waals surface area contributed by atoms with Crippen LogP contribution in [0.15, 0.2) is 34.9 Å². The van der Waals surface area contributed by atoms with Gasteiger partial charge in [0.25, 0.3) is 0 Å². The smallest absolute Gasteiger partial charge is 0.166 e. The van der Waals surface area contributed by atoms with Gasteiger partial charge in [-0.05, 0) is 29.5 Å². The summed E-state index contributed by atoms with van der Waals surface area (Å²) in [4.78, 5) is 17.4. The molecule has 0 amide bonds. The van der Waals surface area contributed by atoms with Crippen molar-refractivity contribution in [1.29, 1.82) is 0 Å². The molecule has 26 heavy (non-hydrogen) atoms. The molecule has 1 aliphatic carbocycles. The number of fused-ring (bicyclic) bond motifs is 2. The molecule has 0 bridgehead atoms. The molecule has 0 fully saturated rings. The first-order valence-corrected chi connectivity index (χ1v) is 9.36. The Kier molecular flexibility index (Phi) is 4.20. The lowest BCUT2D eigenvalue weighted by Crippen LogP contribution is -2.28. The van der Waals surface area contributed by atoms with Gasteiger partial charge in [0.05, 0.1) is 29.1 Å². The lowest BCUT2D eigenvalue weighted by molar-refractivity contribution is 0.0909. The van der Waals surface area contributed by atoms with Gasteiger partial charge < -0.3 is 4.74 Å². The van der Waals surface area contributed by atoms with Crippen LogP contribution in [0, 0.1) is 5.41 Å². The maximum absolute atomic E-state index is 12.6. The molecule has 2 aromatic heterocycles. The average molecular weight is 414 g/mol. The Morgan fingerprint density at radius 1 is 1.23 bits per heavy atom. The third kappa shape index (κ3) is 2.97. The van der Waals surface area contributed by atoms with Crippen LogP contribution in [-0.2, 0) is 17.8 Å². The standard InChI is InChI=1S/C20H20BrN3O2/c1-20(2)8-15-14(17(25)9-20)10-24-19(22-15)18(16(23-24)11-26-3)12-4-6-13(21)7-5-12/h4-7,10H,8-9,11H2,1-3H3. The van der Waals surface area contributed by atoms with E-state index in [1.54, 1.807) is 11.6 Å². The van der Waals surface area contributed by atoms with Gasteiger partial charge in [-0.3, -0.25) is 4.79 Å². The van der Waals surface area contributed by atoms with Crippen LogP contribution in [0.5, 0.6) is 0 Å². The normalized spacial score (nSPS) is 16.1. The third-order valence-corrected chi connectivity index (χ3v) is 5.29. The maximum atomic E-state index is 12.6. The van der Waals surface area contributed by atoms with Gasteiger partial charge in [-0.25, -0.2) is 9.50 Å². The van der Waals surface area contributed by atoms with Crippen LogP contribution in [0.1, 0.15) is 42.0 Å². The van der Waals surface area contributed by atoms with Crippen molar-refractivity contribution in [3.8, 4) is 11.1 Å². The molecular weight excluding hydrogens is 394 g/mol. The lowest BCUT2D eigenvalue weighted by atomic mass is 9.76. The Hall–Kier alpha value is -2.05. The number of hydrogen-bond acceptors (Lipinski definition) is 4. The number of carbonyl (C=O) groups is 1. The molecule has 6 heteroatoms. The zero-order valence-electron chi connectivity index (χ0n) is 15.0. The van der Waals surface area contributed by atoms with Gasteiger partial charge in [0, 0.05) is 24.2 Å². The van der Waals surface area contributed by atoms with Gasteiger partial charge in [-0.15, -0.1) is 0 Å². The first-order valence-electron chi connectivity index (χ1n) is 8.57. The summed E-state index contributed by atoms with van der Waals surface area (Å²) in [5.74, 6) is 0.139. The summed E-state index contributed by atoms with van der Waals surface area (Å²) in [6, 6.07) is 8.08. The molecular formula is C20H20BrN3O2. The molecule has 1 aromatic carbocycles. The topological polar surface area (TPSA) is 56.5 Å². The number of halogens is 1. The number of Topliss-reactive ketones (excluding diaryl/α,β-unsaturated/α-hetero) is 1. The second kappa shape index (κ2) is 6.28. The molecule has 0 saturated heterocycles. The summed E-state index contributed by atoms with van der Waals surface area (Å²) in [5.41, 5.74) is 5.05. The van der Waals surface area contributed by atoms with Crippen LogP contribution in [0.3, 0.4) is 0 Å². The highest BCUT2D eigenvalue weighted by molar-refractivity contribution is 9.10. The van der Waals surface area contributed by atoms with Gasteiger partial charge in [0.2, 0.25) is 0 Å². The largest absolute Gasteiger partial charge is 0.378 e. The molecule has 5 nitrogen and oxygen atoms in total. The van der Waals surface area contributed by atoms with Gasteiger partial charge in [0.1, 0.15) is 0 Å². The monoisotopic (exact) mass is 413 g/mol. The molecule has 0 unspecified atom stereocenters. The number of aromatic nitrogens is 3. The van der Waals surface area contributed by atoms with E-state index in [1.165, 1.54) is 0 Å². The molecule has 4 rings (SSSR count). The van der Waals surface area contributed by atoms with Crippen molar-refractivity contribution in [3.63, 3.8) is 0 Å². The van der Waals surface area contributed by atoms with Crippen LogP contribution >= 0.6 is 15.9 Å². The molecule has 0 aliphatic heterocycles. The first-order chi connectivity index (χ1) is 12.4. The van der Waals surface area contributed by atoms with Crippen LogP contribution < -0.4 is 0 Å². The van der Waals surface area contributed by atoms with Gasteiger partial charge >= 0.3 is 0 Å². The Balaban J connectivity index is 1.96. The molecule has 0 radical (unpaired) electrons. The minimum absolute atomic E-state index is 0.0669. The van der Waals surface area contributed by atoms with Gasteiger partial charge in [0.15, 0.2) is 11.4 Å². The second-order valence-corrected chi connectivity index (χ2v) is 8.49. The summed E-state index contributed by atoms with van der Waals surface area (Å²) in [5, 5.41) is 4.65. The fourth-order valence-corrected chi connectivity index (χ4v) is 3.88. The number of hydrogen-bond donors (Lipinski definition) is 0. The van der Waals surface area contributed by atoms with E-state index < -0.39 is 0 Å². The van der Waals surface area contributed by atoms with Crippen molar-refractivity contribution in [2.24, 2.45) is 5.41 Å². The van der Waals surface area contributed by atoms with Crippen molar-refractivity contribution in [2.45, 2.75) is 33.3 Å². The van der Waals surface area contributed by atoms with Crippen molar-refractivity contribution < 1.29 is 9.53 Å². The third-order valence-electron chi connectivity index (χ3n) is 4.76. The average Bonchev–Trinajstić information content (AvgIpc) is 2.90. The molecule has 134 valence electrons. The number of nitrogens with zero attached hydrogens (tertiary/aromatic N) is 3. The van der Waals surface area contributed by atoms with E-state index in [-0.39, 0.29) is 11.2 Å². The summed E-state index contributed by atoms with van der Waals surface area (Å²) in [6.45, 7) is 4.61. The SMILES string of the molecule is COCc1nn2cc3c(nc2c1-c1ccc(Br)cc1)CC(C)(C)CC3=O.